The summed E-state index contributed by atoms with van der Waals surface area (Å²) < 4.78 is 29.6. The van der Waals surface area contributed by atoms with Crippen LogP contribution in [0, 0.1) is 17.8 Å². The first kappa shape index (κ1) is 31.3. The minimum atomic E-state index is -3.61. The van der Waals surface area contributed by atoms with Crippen LogP contribution in [0.3, 0.4) is 0 Å². The van der Waals surface area contributed by atoms with Crippen molar-refractivity contribution in [1.82, 2.24) is 0 Å². The Hall–Kier alpha value is -2.59. The normalized spacial score (nSPS) is 21.9. The molecule has 0 radical (unpaired) electrons. The van der Waals surface area contributed by atoms with Gasteiger partial charge in [-0.2, -0.15) is 0 Å². The number of allylic oxidation sites excluding steroid dienone is 1. The van der Waals surface area contributed by atoms with Crippen molar-refractivity contribution >= 4 is 33.3 Å². The van der Waals surface area contributed by atoms with E-state index in [0.717, 1.165) is 55.5 Å². The molecule has 0 spiro atoms. The van der Waals surface area contributed by atoms with E-state index in [9.17, 15) is 23.4 Å². The lowest BCUT2D eigenvalue weighted by atomic mass is 9.70. The number of benzene rings is 2. The van der Waals surface area contributed by atoms with Gasteiger partial charge in [-0.15, -0.1) is 0 Å². The lowest BCUT2D eigenvalue weighted by molar-refractivity contribution is 0.0461. The highest BCUT2D eigenvalue weighted by Gasteiger charge is 2.37. The SMILES string of the molecule is C[C@H]([C@@H](C)C/C=C/[C@H](O)[C@@H]1CC[C@H]1CN1CCCCc2cc(Cl)ccc2COc2ccc(C(=O)O)cc21)S(N)(=O)=O. The average molecular weight is 605 g/mol. The minimum Gasteiger partial charge on any atom is -0.487 e. The molecule has 41 heavy (non-hydrogen) atoms. The maximum atomic E-state index is 11.8. The lowest BCUT2D eigenvalue weighted by Gasteiger charge is -2.42. The number of aryl methyl sites for hydroxylation is 1. The zero-order chi connectivity index (χ0) is 29.7. The molecule has 1 fully saturated rings. The van der Waals surface area contributed by atoms with Crippen LogP contribution < -0.4 is 14.8 Å². The number of hydrogen-bond acceptors (Lipinski definition) is 6. The first-order valence-corrected chi connectivity index (χ1v) is 16.3. The van der Waals surface area contributed by atoms with Gasteiger partial charge >= 0.3 is 5.97 Å². The number of ether oxygens (including phenoxy) is 1. The summed E-state index contributed by atoms with van der Waals surface area (Å²) in [5, 5.41) is 26.0. The second kappa shape index (κ2) is 13.6. The van der Waals surface area contributed by atoms with Crippen LogP contribution in [0.1, 0.15) is 67.4 Å². The number of primary sulfonamides is 1. The third-order valence-electron chi connectivity index (χ3n) is 8.75. The summed E-state index contributed by atoms with van der Waals surface area (Å²) in [6.07, 6.45) is 8.08. The maximum absolute atomic E-state index is 11.8. The highest BCUT2D eigenvalue weighted by molar-refractivity contribution is 7.89. The number of aliphatic hydroxyl groups excluding tert-OH is 1. The Morgan fingerprint density at radius 3 is 2.63 bits per heavy atom. The van der Waals surface area contributed by atoms with Crippen molar-refractivity contribution in [3.8, 4) is 5.75 Å². The van der Waals surface area contributed by atoms with Crippen LogP contribution >= 0.6 is 11.6 Å². The number of sulfonamides is 1. The molecule has 224 valence electrons. The summed E-state index contributed by atoms with van der Waals surface area (Å²) in [5.74, 6) is -0.236. The molecule has 4 rings (SSSR count). The van der Waals surface area contributed by atoms with Gasteiger partial charge in [-0.05, 0) is 105 Å². The number of carbonyl (C=O) groups is 1. The molecule has 2 aromatic rings. The summed E-state index contributed by atoms with van der Waals surface area (Å²) in [7, 11) is -3.61. The van der Waals surface area contributed by atoms with Crippen LogP contribution in [0.25, 0.3) is 0 Å². The van der Waals surface area contributed by atoms with E-state index in [4.69, 9.17) is 21.5 Å². The summed E-state index contributed by atoms with van der Waals surface area (Å²) in [5.41, 5.74) is 3.19. The Morgan fingerprint density at radius 2 is 1.95 bits per heavy atom. The van der Waals surface area contributed by atoms with Crippen LogP contribution in [-0.4, -0.2) is 49.0 Å². The van der Waals surface area contributed by atoms with Crippen LogP contribution in [0.2, 0.25) is 5.02 Å². The number of nitrogens with two attached hydrogens (primary N) is 1. The molecule has 1 heterocycles. The van der Waals surface area contributed by atoms with Gasteiger partial charge in [0.25, 0.3) is 0 Å². The molecule has 5 atom stereocenters. The van der Waals surface area contributed by atoms with Crippen molar-refractivity contribution in [3.63, 3.8) is 0 Å². The van der Waals surface area contributed by atoms with E-state index in [1.807, 2.05) is 31.2 Å². The molecule has 0 aromatic heterocycles. The fourth-order valence-electron chi connectivity index (χ4n) is 5.72. The number of fused-ring (bicyclic) bond motifs is 2. The second-order valence-electron chi connectivity index (χ2n) is 11.5. The van der Waals surface area contributed by atoms with E-state index >= 15 is 0 Å². The summed E-state index contributed by atoms with van der Waals surface area (Å²) in [6.45, 7) is 5.20. The minimum absolute atomic E-state index is 0.0637. The molecule has 0 amide bonds. The Labute approximate surface area is 248 Å². The number of anilines is 1. The van der Waals surface area contributed by atoms with Crippen molar-refractivity contribution in [2.24, 2.45) is 22.9 Å². The number of nitrogens with zero attached hydrogens (tertiary/aromatic N) is 1. The Balaban J connectivity index is 1.50. The molecule has 0 unspecified atom stereocenters. The smallest absolute Gasteiger partial charge is 0.335 e. The molecule has 1 aliphatic carbocycles. The van der Waals surface area contributed by atoms with Crippen LogP contribution in [0.15, 0.2) is 48.6 Å². The molecular weight excluding hydrogens is 564 g/mol. The number of carboxylic acid groups (broad SMARTS) is 1. The quantitative estimate of drug-likeness (QED) is 0.326. The summed E-state index contributed by atoms with van der Waals surface area (Å²) in [6, 6.07) is 10.8. The van der Waals surface area contributed by atoms with Crippen molar-refractivity contribution in [3.05, 3.63) is 70.3 Å². The number of halogens is 1. The number of carboxylic acids is 1. The van der Waals surface area contributed by atoms with Crippen molar-refractivity contribution in [2.75, 3.05) is 18.0 Å². The largest absolute Gasteiger partial charge is 0.487 e. The van der Waals surface area contributed by atoms with Crippen LogP contribution in [-0.2, 0) is 23.1 Å². The van der Waals surface area contributed by atoms with Crippen LogP contribution in [0.4, 0.5) is 5.69 Å². The van der Waals surface area contributed by atoms with E-state index in [-0.39, 0.29) is 23.3 Å². The third kappa shape index (κ3) is 8.03. The van der Waals surface area contributed by atoms with E-state index in [0.29, 0.717) is 30.3 Å². The number of hydrogen-bond donors (Lipinski definition) is 3. The van der Waals surface area contributed by atoms with E-state index in [2.05, 4.69) is 4.90 Å². The predicted molar refractivity (Wildman–Crippen MR) is 162 cm³/mol. The summed E-state index contributed by atoms with van der Waals surface area (Å²) in [4.78, 5) is 14.1. The standard InChI is InChI=1S/C31H41ClN2O6S/c1-20(21(2)41(33,38)39)6-5-8-29(35)27-13-10-24(27)18-34-15-4-3-7-22-16-26(32)12-9-25(22)19-40-30-14-11-23(31(36)37)17-28(30)34/h5,8-9,11-12,14,16-17,20-21,24,27,29,35H,3-4,6-7,10,13,15,18-19H2,1-2H3,(H,36,37)(H2,33,38,39)/b8-5+/t20-,21+,24-,27+,29-/m0/s1. The number of aromatic carboxylic acids is 1. The van der Waals surface area contributed by atoms with Gasteiger partial charge < -0.3 is 19.8 Å². The zero-order valence-electron chi connectivity index (χ0n) is 23.7. The van der Waals surface area contributed by atoms with Gasteiger partial charge in [-0.1, -0.05) is 36.7 Å². The van der Waals surface area contributed by atoms with E-state index in [1.165, 1.54) is 0 Å². The molecule has 2 aromatic carbocycles. The Bertz CT molecular complexity index is 1360. The maximum Gasteiger partial charge on any atom is 0.335 e. The second-order valence-corrected chi connectivity index (χ2v) is 13.9. The molecule has 10 heteroatoms. The Morgan fingerprint density at radius 1 is 1.17 bits per heavy atom. The average Bonchev–Trinajstić information content (AvgIpc) is 2.93. The molecule has 1 aliphatic heterocycles. The van der Waals surface area contributed by atoms with Gasteiger partial charge in [0, 0.05) is 18.1 Å². The highest BCUT2D eigenvalue weighted by atomic mass is 35.5. The molecule has 1 saturated carbocycles. The van der Waals surface area contributed by atoms with Crippen LogP contribution in [0.5, 0.6) is 5.75 Å². The predicted octanol–water partition coefficient (Wildman–Crippen LogP) is 5.41. The first-order chi connectivity index (χ1) is 19.4. The number of aliphatic hydroxyl groups is 1. The topological polar surface area (TPSA) is 130 Å². The van der Waals surface area contributed by atoms with Crippen molar-refractivity contribution in [1.29, 1.82) is 0 Å². The molecule has 2 aliphatic rings. The van der Waals surface area contributed by atoms with Crippen molar-refractivity contribution in [2.45, 2.75) is 70.3 Å². The Kier molecular flexibility index (Phi) is 10.4. The third-order valence-corrected chi connectivity index (χ3v) is 10.5. The van der Waals surface area contributed by atoms with Gasteiger partial charge in [-0.25, -0.2) is 18.4 Å². The molecular formula is C31H41ClN2O6S. The van der Waals surface area contributed by atoms with Gasteiger partial charge in [0.1, 0.15) is 12.4 Å². The molecule has 8 nitrogen and oxygen atoms in total. The first-order valence-electron chi connectivity index (χ1n) is 14.3. The van der Waals surface area contributed by atoms with E-state index < -0.39 is 27.3 Å². The fourth-order valence-corrected chi connectivity index (χ4v) is 6.67. The fraction of sp³-hybridized carbons (Fsp3) is 0.516. The molecule has 0 saturated heterocycles. The molecule has 4 N–H and O–H groups in total. The van der Waals surface area contributed by atoms with Gasteiger partial charge in [0.2, 0.25) is 10.0 Å². The monoisotopic (exact) mass is 604 g/mol. The van der Waals surface area contributed by atoms with Gasteiger partial charge in [0.05, 0.1) is 22.6 Å². The van der Waals surface area contributed by atoms with Gasteiger partial charge in [0.15, 0.2) is 0 Å². The zero-order valence-corrected chi connectivity index (χ0v) is 25.3. The van der Waals surface area contributed by atoms with Gasteiger partial charge in [-0.3, -0.25) is 0 Å². The summed E-state index contributed by atoms with van der Waals surface area (Å²) >= 11 is 6.27. The number of rotatable bonds is 9. The highest BCUT2D eigenvalue weighted by Crippen LogP contribution is 2.41. The lowest BCUT2D eigenvalue weighted by Crippen LogP contribution is -2.43. The molecule has 0 bridgehead atoms. The van der Waals surface area contributed by atoms with Crippen molar-refractivity contribution < 1.29 is 28.2 Å². The van der Waals surface area contributed by atoms with E-state index in [1.54, 1.807) is 31.2 Å².